The third-order valence-corrected chi connectivity index (χ3v) is 5.79. The highest BCUT2D eigenvalue weighted by Gasteiger charge is 2.28. The Bertz CT molecular complexity index is 312. The minimum atomic E-state index is -2.97. The molecule has 0 radical (unpaired) electrons. The molecule has 1 saturated carbocycles. The van der Waals surface area contributed by atoms with E-state index in [-0.39, 0.29) is 5.75 Å². The second-order valence-corrected chi connectivity index (χ2v) is 8.83. The molecule has 3 nitrogen and oxygen atoms in total. The summed E-state index contributed by atoms with van der Waals surface area (Å²) in [5.74, 6) is 1.13. The zero-order valence-electron chi connectivity index (χ0n) is 10.9. The van der Waals surface area contributed by atoms with Crippen LogP contribution in [0.15, 0.2) is 0 Å². The largest absolute Gasteiger partial charge is 0.313 e. The van der Waals surface area contributed by atoms with Crippen LogP contribution < -0.4 is 5.32 Å². The van der Waals surface area contributed by atoms with E-state index in [9.17, 15) is 8.42 Å². The molecule has 0 saturated heterocycles. The van der Waals surface area contributed by atoms with Crippen LogP contribution in [0.2, 0.25) is 0 Å². The predicted molar refractivity (Wildman–Crippen MR) is 68.3 cm³/mol. The smallest absolute Gasteiger partial charge is 0.156 e. The van der Waals surface area contributed by atoms with Gasteiger partial charge < -0.3 is 5.32 Å². The van der Waals surface area contributed by atoms with Crippen LogP contribution in [-0.2, 0) is 9.84 Å². The minimum absolute atomic E-state index is 0.242. The van der Waals surface area contributed by atoms with Gasteiger partial charge in [0.05, 0.1) is 10.5 Å². The van der Waals surface area contributed by atoms with Gasteiger partial charge in [0.25, 0.3) is 0 Å². The van der Waals surface area contributed by atoms with Crippen LogP contribution in [0.1, 0.15) is 47.0 Å². The Balaban J connectivity index is 2.23. The third-order valence-electron chi connectivity index (χ3n) is 3.18. The van der Waals surface area contributed by atoms with Crippen LogP contribution in [0.4, 0.5) is 0 Å². The van der Waals surface area contributed by atoms with E-state index in [0.29, 0.717) is 12.6 Å². The Morgan fingerprint density at radius 2 is 1.88 bits per heavy atom. The maximum atomic E-state index is 11.8. The van der Waals surface area contributed by atoms with Gasteiger partial charge in [-0.25, -0.2) is 8.42 Å². The highest BCUT2D eigenvalue weighted by Crippen LogP contribution is 2.33. The Morgan fingerprint density at radius 1 is 1.31 bits per heavy atom. The van der Waals surface area contributed by atoms with Crippen molar-refractivity contribution < 1.29 is 8.42 Å². The minimum Gasteiger partial charge on any atom is -0.313 e. The van der Waals surface area contributed by atoms with Crippen LogP contribution in [0.25, 0.3) is 0 Å². The van der Waals surface area contributed by atoms with Gasteiger partial charge in [0.1, 0.15) is 0 Å². The Labute approximate surface area is 99.9 Å². The topological polar surface area (TPSA) is 46.2 Å². The summed E-state index contributed by atoms with van der Waals surface area (Å²) >= 11 is 0. The highest BCUT2D eigenvalue weighted by molar-refractivity contribution is 7.92. The van der Waals surface area contributed by atoms with Gasteiger partial charge in [-0.15, -0.1) is 0 Å². The predicted octanol–water partition coefficient (Wildman–Crippen LogP) is 1.98. The van der Waals surface area contributed by atoms with Crippen molar-refractivity contribution in [2.75, 3.05) is 12.3 Å². The fraction of sp³-hybridized carbons (Fsp3) is 1.00. The molecular weight excluding hydrogens is 222 g/mol. The maximum absolute atomic E-state index is 11.8. The van der Waals surface area contributed by atoms with Crippen molar-refractivity contribution in [3.05, 3.63) is 0 Å². The molecule has 4 heteroatoms. The summed E-state index contributed by atoms with van der Waals surface area (Å²) in [5, 5.41) is 3.30. The summed E-state index contributed by atoms with van der Waals surface area (Å²) in [7, 11) is -2.97. The molecule has 1 rings (SSSR count). The summed E-state index contributed by atoms with van der Waals surface area (Å²) in [6.07, 6.45) is 3.90. The lowest BCUT2D eigenvalue weighted by molar-refractivity contribution is 0.496. The number of nitrogens with one attached hydrogen (secondary N) is 1. The first-order chi connectivity index (χ1) is 7.22. The van der Waals surface area contributed by atoms with Crippen LogP contribution >= 0.6 is 0 Å². The second-order valence-electron chi connectivity index (χ2n) is 5.97. The molecule has 1 N–H and O–H groups in total. The lowest BCUT2D eigenvalue weighted by Crippen LogP contribution is -2.37. The standard InChI is InChI=1S/C12H25NO2S/c1-10(9-11-5-6-11)13-7-8-16(14,15)12(2,3)4/h10-11,13H,5-9H2,1-4H3. The van der Waals surface area contributed by atoms with Crippen LogP contribution in [-0.4, -0.2) is 31.5 Å². The first-order valence-electron chi connectivity index (χ1n) is 6.18. The zero-order chi connectivity index (χ0) is 12.4. The molecule has 1 aliphatic rings. The molecule has 16 heavy (non-hydrogen) atoms. The normalized spacial score (nSPS) is 19.8. The molecule has 1 unspecified atom stereocenters. The van der Waals surface area contributed by atoms with Crippen LogP contribution in [0.5, 0.6) is 0 Å². The Kier molecular flexibility index (Phi) is 4.41. The summed E-state index contributed by atoms with van der Waals surface area (Å²) in [4.78, 5) is 0. The molecule has 96 valence electrons. The van der Waals surface area contributed by atoms with Gasteiger partial charge in [0.2, 0.25) is 0 Å². The fourth-order valence-corrected chi connectivity index (χ4v) is 2.68. The summed E-state index contributed by atoms with van der Waals surface area (Å²) in [6.45, 7) is 8.00. The fourth-order valence-electron chi connectivity index (χ4n) is 1.68. The molecule has 0 amide bonds. The zero-order valence-corrected chi connectivity index (χ0v) is 11.7. The highest BCUT2D eigenvalue weighted by atomic mass is 32.2. The molecule has 0 aromatic heterocycles. The average molecular weight is 247 g/mol. The van der Waals surface area contributed by atoms with Crippen molar-refractivity contribution in [1.29, 1.82) is 0 Å². The summed E-state index contributed by atoms with van der Waals surface area (Å²) < 4.78 is 23.0. The molecule has 0 heterocycles. The van der Waals surface area contributed by atoms with Gasteiger partial charge in [-0.3, -0.25) is 0 Å². The lowest BCUT2D eigenvalue weighted by Gasteiger charge is -2.20. The van der Waals surface area contributed by atoms with E-state index in [4.69, 9.17) is 0 Å². The molecule has 0 spiro atoms. The second kappa shape index (κ2) is 5.05. The Hall–Kier alpha value is -0.0900. The lowest BCUT2D eigenvalue weighted by atomic mass is 10.2. The molecule has 1 fully saturated rings. The number of hydrogen-bond acceptors (Lipinski definition) is 3. The van der Waals surface area contributed by atoms with E-state index < -0.39 is 14.6 Å². The van der Waals surface area contributed by atoms with Gasteiger partial charge in [-0.2, -0.15) is 0 Å². The van der Waals surface area contributed by atoms with E-state index in [1.807, 2.05) is 0 Å². The van der Waals surface area contributed by atoms with Crippen molar-refractivity contribution in [2.24, 2.45) is 5.92 Å². The molecule has 1 atom stereocenters. The van der Waals surface area contributed by atoms with Gasteiger partial charge in [-0.05, 0) is 40.0 Å². The monoisotopic (exact) mass is 247 g/mol. The van der Waals surface area contributed by atoms with Gasteiger partial charge >= 0.3 is 0 Å². The first-order valence-corrected chi connectivity index (χ1v) is 7.83. The van der Waals surface area contributed by atoms with Crippen molar-refractivity contribution in [1.82, 2.24) is 5.32 Å². The third kappa shape index (κ3) is 4.42. The molecular formula is C12H25NO2S. The van der Waals surface area contributed by atoms with Crippen molar-refractivity contribution in [3.8, 4) is 0 Å². The molecule has 0 bridgehead atoms. The number of hydrogen-bond donors (Lipinski definition) is 1. The van der Waals surface area contributed by atoms with Crippen LogP contribution in [0.3, 0.4) is 0 Å². The maximum Gasteiger partial charge on any atom is 0.156 e. The van der Waals surface area contributed by atoms with Gasteiger partial charge in [0.15, 0.2) is 9.84 Å². The van der Waals surface area contributed by atoms with E-state index >= 15 is 0 Å². The van der Waals surface area contributed by atoms with Crippen LogP contribution in [0, 0.1) is 5.92 Å². The summed E-state index contributed by atoms with van der Waals surface area (Å²) in [5.41, 5.74) is 0. The van der Waals surface area contributed by atoms with Crippen molar-refractivity contribution in [2.45, 2.75) is 57.7 Å². The molecule has 1 aliphatic carbocycles. The molecule has 0 aromatic rings. The van der Waals surface area contributed by atoms with E-state index in [1.54, 1.807) is 20.8 Å². The van der Waals surface area contributed by atoms with E-state index in [0.717, 1.165) is 5.92 Å². The molecule has 0 aromatic carbocycles. The first kappa shape index (κ1) is 14.0. The van der Waals surface area contributed by atoms with Crippen molar-refractivity contribution in [3.63, 3.8) is 0 Å². The van der Waals surface area contributed by atoms with Gasteiger partial charge in [-0.1, -0.05) is 12.8 Å². The van der Waals surface area contributed by atoms with Crippen molar-refractivity contribution >= 4 is 9.84 Å². The quantitative estimate of drug-likeness (QED) is 0.780. The Morgan fingerprint density at radius 3 is 2.31 bits per heavy atom. The number of rotatable bonds is 6. The number of sulfone groups is 1. The van der Waals surface area contributed by atoms with E-state index in [2.05, 4.69) is 12.2 Å². The molecule has 0 aliphatic heterocycles. The van der Waals surface area contributed by atoms with Gasteiger partial charge in [0, 0.05) is 12.6 Å². The average Bonchev–Trinajstić information content (AvgIpc) is 2.85. The summed E-state index contributed by atoms with van der Waals surface area (Å²) in [6, 6.07) is 0.447. The van der Waals surface area contributed by atoms with E-state index in [1.165, 1.54) is 19.3 Å². The SMILES string of the molecule is CC(CC1CC1)NCCS(=O)(=O)C(C)(C)C.